The maximum Gasteiger partial charge on any atom is 0.241 e. The van der Waals surface area contributed by atoms with Crippen LogP contribution in [0, 0.1) is 17.8 Å². The first-order valence-electron chi connectivity index (χ1n) is 7.74. The van der Waals surface area contributed by atoms with Crippen LogP contribution in [-0.4, -0.2) is 14.0 Å². The summed E-state index contributed by atoms with van der Waals surface area (Å²) in [5.41, 5.74) is -0.187. The maximum absolute atomic E-state index is 12.7. The van der Waals surface area contributed by atoms with Gasteiger partial charge in [0, 0.05) is 10.6 Å². The highest BCUT2D eigenvalue weighted by Gasteiger charge is 2.52. The third-order valence-corrected chi connectivity index (χ3v) is 7.36. The van der Waals surface area contributed by atoms with Gasteiger partial charge in [0.05, 0.1) is 4.90 Å². The molecule has 4 aliphatic carbocycles. The lowest BCUT2D eigenvalue weighted by atomic mass is 9.53. The van der Waals surface area contributed by atoms with Crippen LogP contribution < -0.4 is 4.72 Å². The van der Waals surface area contributed by atoms with E-state index in [1.54, 1.807) is 24.3 Å². The van der Waals surface area contributed by atoms with E-state index in [0.717, 1.165) is 37.0 Å². The molecule has 1 aromatic carbocycles. The van der Waals surface area contributed by atoms with Crippen LogP contribution in [0.5, 0.6) is 0 Å². The van der Waals surface area contributed by atoms with E-state index < -0.39 is 10.0 Å². The van der Waals surface area contributed by atoms with Gasteiger partial charge in [-0.05, 0) is 80.5 Å². The van der Waals surface area contributed by atoms with Crippen LogP contribution in [0.4, 0.5) is 0 Å². The highest BCUT2D eigenvalue weighted by atomic mass is 35.5. The van der Waals surface area contributed by atoms with Gasteiger partial charge in [-0.25, -0.2) is 13.1 Å². The van der Waals surface area contributed by atoms with Gasteiger partial charge >= 0.3 is 0 Å². The van der Waals surface area contributed by atoms with Gasteiger partial charge in [-0.3, -0.25) is 0 Å². The summed E-state index contributed by atoms with van der Waals surface area (Å²) >= 11 is 5.85. The van der Waals surface area contributed by atoms with Crippen LogP contribution >= 0.6 is 11.6 Å². The van der Waals surface area contributed by atoms with E-state index >= 15 is 0 Å². The first kappa shape index (κ1) is 14.0. The summed E-state index contributed by atoms with van der Waals surface area (Å²) in [7, 11) is -3.45. The van der Waals surface area contributed by atoms with Gasteiger partial charge in [0.2, 0.25) is 10.0 Å². The van der Waals surface area contributed by atoms with E-state index in [9.17, 15) is 8.42 Å². The molecule has 0 aliphatic heterocycles. The normalized spacial score (nSPS) is 37.9. The fourth-order valence-electron chi connectivity index (χ4n) is 5.19. The van der Waals surface area contributed by atoms with Crippen LogP contribution in [0.2, 0.25) is 5.02 Å². The minimum absolute atomic E-state index is 0.187. The van der Waals surface area contributed by atoms with Crippen molar-refractivity contribution >= 4 is 21.6 Å². The van der Waals surface area contributed by atoms with Crippen molar-refractivity contribution in [1.82, 2.24) is 4.72 Å². The molecule has 21 heavy (non-hydrogen) atoms. The lowest BCUT2D eigenvalue weighted by molar-refractivity contribution is -0.00810. The Morgan fingerprint density at radius 2 is 1.43 bits per heavy atom. The largest absolute Gasteiger partial charge is 0.241 e. The van der Waals surface area contributed by atoms with Gasteiger partial charge in [0.15, 0.2) is 0 Å². The van der Waals surface area contributed by atoms with Gasteiger partial charge < -0.3 is 0 Å². The van der Waals surface area contributed by atoms with Gasteiger partial charge in [0.1, 0.15) is 0 Å². The molecule has 5 heteroatoms. The smallest absolute Gasteiger partial charge is 0.207 e. The van der Waals surface area contributed by atoms with Crippen LogP contribution in [0.1, 0.15) is 38.5 Å². The van der Waals surface area contributed by atoms with Crippen LogP contribution in [0.15, 0.2) is 29.2 Å². The molecule has 0 heterocycles. The molecule has 0 unspecified atom stereocenters. The summed E-state index contributed by atoms with van der Waals surface area (Å²) in [6, 6.07) is 6.45. The van der Waals surface area contributed by atoms with Crippen LogP contribution in [-0.2, 0) is 10.0 Å². The predicted octanol–water partition coefficient (Wildman–Crippen LogP) is 3.59. The lowest BCUT2D eigenvalue weighted by Gasteiger charge is -2.56. The van der Waals surface area contributed by atoms with E-state index in [1.807, 2.05) is 0 Å². The summed E-state index contributed by atoms with van der Waals surface area (Å²) in [6.45, 7) is 0. The molecular weight excluding hydrogens is 306 g/mol. The van der Waals surface area contributed by atoms with Gasteiger partial charge in [-0.15, -0.1) is 0 Å². The molecule has 0 spiro atoms. The number of sulfonamides is 1. The molecule has 4 saturated carbocycles. The SMILES string of the molecule is O=S(=O)(NC12CC3CC(CC(C3)C1)C2)c1ccc(Cl)cc1. The van der Waals surface area contributed by atoms with Crippen molar-refractivity contribution in [2.45, 2.75) is 49.0 Å². The van der Waals surface area contributed by atoms with Crippen molar-refractivity contribution in [3.63, 3.8) is 0 Å². The monoisotopic (exact) mass is 325 g/mol. The molecule has 0 atom stereocenters. The number of benzene rings is 1. The summed E-state index contributed by atoms with van der Waals surface area (Å²) in [6.07, 6.45) is 6.98. The zero-order valence-electron chi connectivity index (χ0n) is 11.9. The molecule has 0 saturated heterocycles. The first-order chi connectivity index (χ1) is 9.94. The summed E-state index contributed by atoms with van der Waals surface area (Å²) in [5, 5.41) is 0.559. The second-order valence-corrected chi connectivity index (χ2v) is 9.38. The highest BCUT2D eigenvalue weighted by molar-refractivity contribution is 7.89. The van der Waals surface area contributed by atoms with E-state index in [-0.39, 0.29) is 5.54 Å². The molecule has 4 fully saturated rings. The standard InChI is InChI=1S/C16H20ClNO2S/c17-14-1-3-15(4-2-14)21(19,20)18-16-8-11-5-12(9-16)7-13(6-11)10-16/h1-4,11-13,18H,5-10H2. The van der Waals surface area contributed by atoms with E-state index in [4.69, 9.17) is 11.6 Å². The van der Waals surface area contributed by atoms with Crippen molar-refractivity contribution in [2.75, 3.05) is 0 Å². The Morgan fingerprint density at radius 3 is 1.90 bits per heavy atom. The Balaban J connectivity index is 1.61. The number of hydrogen-bond acceptors (Lipinski definition) is 2. The summed E-state index contributed by atoms with van der Waals surface area (Å²) in [4.78, 5) is 0.322. The molecule has 1 aromatic rings. The molecular formula is C16H20ClNO2S. The lowest BCUT2D eigenvalue weighted by Crippen LogP contribution is -2.59. The third-order valence-electron chi connectivity index (χ3n) is 5.51. The Bertz CT molecular complexity index is 618. The van der Waals surface area contributed by atoms with Gasteiger partial charge in [-0.1, -0.05) is 11.6 Å². The average molecular weight is 326 g/mol. The molecule has 114 valence electrons. The van der Waals surface area contributed by atoms with Gasteiger partial charge in [0.25, 0.3) is 0 Å². The fraction of sp³-hybridized carbons (Fsp3) is 0.625. The number of rotatable bonds is 3. The minimum Gasteiger partial charge on any atom is -0.207 e. The molecule has 3 nitrogen and oxygen atoms in total. The van der Waals surface area contributed by atoms with E-state index in [1.165, 1.54) is 19.3 Å². The van der Waals surface area contributed by atoms with Crippen LogP contribution in [0.3, 0.4) is 0 Å². The van der Waals surface area contributed by atoms with E-state index in [0.29, 0.717) is 9.92 Å². The number of hydrogen-bond donors (Lipinski definition) is 1. The second-order valence-electron chi connectivity index (χ2n) is 7.26. The number of nitrogens with one attached hydrogen (secondary N) is 1. The third kappa shape index (κ3) is 2.51. The molecule has 0 aromatic heterocycles. The number of halogens is 1. The molecule has 4 bridgehead atoms. The first-order valence-corrected chi connectivity index (χ1v) is 9.60. The van der Waals surface area contributed by atoms with Crippen molar-refractivity contribution in [1.29, 1.82) is 0 Å². The van der Waals surface area contributed by atoms with Crippen molar-refractivity contribution < 1.29 is 8.42 Å². The van der Waals surface area contributed by atoms with E-state index in [2.05, 4.69) is 4.72 Å². The Hall–Kier alpha value is -0.580. The van der Waals surface area contributed by atoms with Crippen molar-refractivity contribution in [3.8, 4) is 0 Å². The topological polar surface area (TPSA) is 46.2 Å². The Labute approximate surface area is 131 Å². The maximum atomic E-state index is 12.7. The quantitative estimate of drug-likeness (QED) is 0.923. The second kappa shape index (κ2) is 4.71. The highest BCUT2D eigenvalue weighted by Crippen LogP contribution is 2.55. The minimum atomic E-state index is -3.45. The summed E-state index contributed by atoms with van der Waals surface area (Å²) < 4.78 is 28.4. The van der Waals surface area contributed by atoms with Crippen molar-refractivity contribution in [2.24, 2.45) is 17.8 Å². The zero-order valence-corrected chi connectivity index (χ0v) is 13.5. The molecule has 4 aliphatic rings. The average Bonchev–Trinajstić information content (AvgIpc) is 2.36. The Kier molecular flexibility index (Phi) is 3.15. The predicted molar refractivity (Wildman–Crippen MR) is 82.7 cm³/mol. The summed E-state index contributed by atoms with van der Waals surface area (Å²) in [5.74, 6) is 2.18. The molecule has 5 rings (SSSR count). The molecule has 1 N–H and O–H groups in total. The van der Waals surface area contributed by atoms with Crippen LogP contribution in [0.25, 0.3) is 0 Å². The zero-order chi connectivity index (χ0) is 14.7. The molecule has 0 radical (unpaired) electrons. The van der Waals surface area contributed by atoms with Gasteiger partial charge in [-0.2, -0.15) is 0 Å². The van der Waals surface area contributed by atoms with Crippen molar-refractivity contribution in [3.05, 3.63) is 29.3 Å². The fourth-order valence-corrected chi connectivity index (χ4v) is 6.75. The Morgan fingerprint density at radius 1 is 0.952 bits per heavy atom. The molecule has 0 amide bonds.